The summed E-state index contributed by atoms with van der Waals surface area (Å²) in [5.74, 6) is 0.876. The van der Waals surface area contributed by atoms with Crippen molar-refractivity contribution in [3.05, 3.63) is 23.9 Å². The third-order valence-electron chi connectivity index (χ3n) is 4.58. The monoisotopic (exact) mass is 388 g/mol. The van der Waals surface area contributed by atoms with Crippen LogP contribution in [-0.2, 0) is 0 Å². The zero-order chi connectivity index (χ0) is 19.5. The van der Waals surface area contributed by atoms with E-state index in [1.165, 1.54) is 0 Å². The van der Waals surface area contributed by atoms with E-state index < -0.39 is 0 Å². The van der Waals surface area contributed by atoms with Gasteiger partial charge in [0.2, 0.25) is 11.5 Å². The van der Waals surface area contributed by atoms with E-state index in [4.69, 9.17) is 15.2 Å². The molecule has 0 bridgehead atoms. The lowest BCUT2D eigenvalue weighted by Crippen LogP contribution is -2.39. The maximum Gasteiger partial charge on any atom is 0.321 e. The fraction of sp³-hybridized carbons (Fsp3) is 0.412. The molecule has 3 heterocycles. The number of nitrogen functional groups attached to an aromatic ring is 1. The molecule has 3 amide bonds. The Kier molecular flexibility index (Phi) is 4.87. The summed E-state index contributed by atoms with van der Waals surface area (Å²) in [5.41, 5.74) is 6.20. The number of aromatic nitrogens is 2. The second kappa shape index (κ2) is 7.62. The summed E-state index contributed by atoms with van der Waals surface area (Å²) in [5, 5.41) is 9.84. The van der Waals surface area contributed by atoms with E-state index in [0.717, 1.165) is 0 Å². The minimum absolute atomic E-state index is 0.00539. The first kappa shape index (κ1) is 17.9. The van der Waals surface area contributed by atoms with Crippen molar-refractivity contribution in [1.29, 1.82) is 0 Å². The lowest BCUT2D eigenvalue weighted by atomic mass is 10.2. The van der Waals surface area contributed by atoms with E-state index in [9.17, 15) is 9.59 Å². The number of ether oxygens (including phenoxy) is 2. The standard InChI is InChI=1S/C17H20N6O5/c18-15-14(20-28-21-15)16(24)22-4-1-5-23(7-6-22)17(25)19-11-2-3-12-13(10-11)27-9-8-26-12/h2-3,10H,1,4-9H2,(H2,18,21)(H,19,25). The molecular formula is C17H20N6O5. The van der Waals surface area contributed by atoms with E-state index in [0.29, 0.717) is 63.0 Å². The van der Waals surface area contributed by atoms with Crippen LogP contribution in [-0.4, -0.2) is 71.4 Å². The Hall–Kier alpha value is -3.50. The average molecular weight is 388 g/mol. The second-order valence-corrected chi connectivity index (χ2v) is 6.42. The molecular weight excluding hydrogens is 368 g/mol. The SMILES string of the molecule is Nc1nonc1C(=O)N1CCCN(C(=O)Nc2ccc3c(c2)OCCO3)CC1. The molecule has 28 heavy (non-hydrogen) atoms. The van der Waals surface area contributed by atoms with Gasteiger partial charge in [-0.2, -0.15) is 0 Å². The van der Waals surface area contributed by atoms with Crippen LogP contribution in [0.3, 0.4) is 0 Å². The molecule has 2 aliphatic rings. The number of nitrogens with one attached hydrogen (secondary N) is 1. The number of benzene rings is 1. The third-order valence-corrected chi connectivity index (χ3v) is 4.58. The van der Waals surface area contributed by atoms with Crippen LogP contribution >= 0.6 is 0 Å². The summed E-state index contributed by atoms with van der Waals surface area (Å²) >= 11 is 0. The van der Waals surface area contributed by atoms with Crippen LogP contribution in [0.4, 0.5) is 16.3 Å². The average Bonchev–Trinajstić information content (AvgIpc) is 2.98. The van der Waals surface area contributed by atoms with E-state index in [-0.39, 0.29) is 23.5 Å². The Labute approximate surface area is 160 Å². The zero-order valence-electron chi connectivity index (χ0n) is 15.1. The van der Waals surface area contributed by atoms with Gasteiger partial charge < -0.3 is 30.3 Å². The number of rotatable bonds is 2. The lowest BCUT2D eigenvalue weighted by Gasteiger charge is -2.23. The van der Waals surface area contributed by atoms with Crippen molar-refractivity contribution in [1.82, 2.24) is 20.1 Å². The van der Waals surface area contributed by atoms with Gasteiger partial charge in [0, 0.05) is 37.9 Å². The number of anilines is 2. The number of fused-ring (bicyclic) bond motifs is 1. The Balaban J connectivity index is 1.37. The molecule has 0 atom stereocenters. The molecule has 11 heteroatoms. The number of carbonyl (C=O) groups excluding carboxylic acids is 2. The smallest absolute Gasteiger partial charge is 0.321 e. The minimum atomic E-state index is -0.354. The third kappa shape index (κ3) is 3.63. The number of amides is 3. The largest absolute Gasteiger partial charge is 0.486 e. The molecule has 0 radical (unpaired) electrons. The summed E-state index contributed by atoms with van der Waals surface area (Å²) in [7, 11) is 0. The Bertz CT molecular complexity index is 885. The predicted molar refractivity (Wildman–Crippen MR) is 97.3 cm³/mol. The highest BCUT2D eigenvalue weighted by Crippen LogP contribution is 2.32. The second-order valence-electron chi connectivity index (χ2n) is 6.42. The van der Waals surface area contributed by atoms with Gasteiger partial charge in [0.05, 0.1) is 0 Å². The molecule has 2 aliphatic heterocycles. The Morgan fingerprint density at radius 1 is 1.00 bits per heavy atom. The van der Waals surface area contributed by atoms with Crippen LogP contribution < -0.4 is 20.5 Å². The number of nitrogens with two attached hydrogens (primary N) is 1. The first-order chi connectivity index (χ1) is 13.6. The van der Waals surface area contributed by atoms with Crippen molar-refractivity contribution in [3.63, 3.8) is 0 Å². The van der Waals surface area contributed by atoms with Crippen LogP contribution in [0.5, 0.6) is 11.5 Å². The van der Waals surface area contributed by atoms with Gasteiger partial charge >= 0.3 is 6.03 Å². The molecule has 4 rings (SSSR count). The molecule has 1 fully saturated rings. The lowest BCUT2D eigenvalue weighted by molar-refractivity contribution is 0.0752. The molecule has 0 aliphatic carbocycles. The van der Waals surface area contributed by atoms with Crippen molar-refractivity contribution < 1.29 is 23.7 Å². The van der Waals surface area contributed by atoms with Gasteiger partial charge in [0.15, 0.2) is 11.5 Å². The normalized spacial score (nSPS) is 16.4. The van der Waals surface area contributed by atoms with Crippen molar-refractivity contribution in [3.8, 4) is 11.5 Å². The van der Waals surface area contributed by atoms with Crippen LogP contribution in [0.25, 0.3) is 0 Å². The topological polar surface area (TPSA) is 136 Å². The predicted octanol–water partition coefficient (Wildman–Crippen LogP) is 0.803. The fourth-order valence-electron chi connectivity index (χ4n) is 3.14. The van der Waals surface area contributed by atoms with Crippen molar-refractivity contribution in [2.45, 2.75) is 6.42 Å². The van der Waals surface area contributed by atoms with Crippen LogP contribution in [0, 0.1) is 0 Å². The highest BCUT2D eigenvalue weighted by atomic mass is 16.6. The number of hydrogen-bond acceptors (Lipinski definition) is 8. The number of carbonyl (C=O) groups is 2. The summed E-state index contributed by atoms with van der Waals surface area (Å²) in [6.07, 6.45) is 0.630. The highest BCUT2D eigenvalue weighted by Gasteiger charge is 2.26. The van der Waals surface area contributed by atoms with Crippen molar-refractivity contribution in [2.24, 2.45) is 0 Å². The maximum absolute atomic E-state index is 12.6. The number of hydrogen-bond donors (Lipinski definition) is 2. The van der Waals surface area contributed by atoms with Gasteiger partial charge in [-0.25, -0.2) is 9.42 Å². The number of urea groups is 1. The fourth-order valence-corrected chi connectivity index (χ4v) is 3.14. The highest BCUT2D eigenvalue weighted by molar-refractivity contribution is 5.96. The van der Waals surface area contributed by atoms with Gasteiger partial charge in [0.1, 0.15) is 13.2 Å². The summed E-state index contributed by atoms with van der Waals surface area (Å²) in [6.45, 7) is 2.74. The van der Waals surface area contributed by atoms with Gasteiger partial charge in [-0.1, -0.05) is 0 Å². The van der Waals surface area contributed by atoms with E-state index in [1.807, 2.05) is 0 Å². The molecule has 2 aromatic rings. The van der Waals surface area contributed by atoms with Crippen LogP contribution in [0.1, 0.15) is 16.9 Å². The molecule has 0 saturated carbocycles. The van der Waals surface area contributed by atoms with Gasteiger partial charge in [-0.05, 0) is 28.9 Å². The van der Waals surface area contributed by atoms with Crippen LogP contribution in [0.15, 0.2) is 22.8 Å². The Morgan fingerprint density at radius 2 is 1.75 bits per heavy atom. The van der Waals surface area contributed by atoms with E-state index in [2.05, 4.69) is 20.3 Å². The molecule has 0 unspecified atom stereocenters. The quantitative estimate of drug-likeness (QED) is 0.771. The first-order valence-electron chi connectivity index (χ1n) is 8.95. The summed E-state index contributed by atoms with van der Waals surface area (Å²) in [6, 6.07) is 5.02. The van der Waals surface area contributed by atoms with Gasteiger partial charge in [-0.15, -0.1) is 0 Å². The van der Waals surface area contributed by atoms with E-state index >= 15 is 0 Å². The minimum Gasteiger partial charge on any atom is -0.486 e. The summed E-state index contributed by atoms with van der Waals surface area (Å²) < 4.78 is 15.5. The molecule has 0 spiro atoms. The molecule has 1 aromatic carbocycles. The molecule has 3 N–H and O–H groups in total. The van der Waals surface area contributed by atoms with Crippen molar-refractivity contribution >= 4 is 23.4 Å². The number of nitrogens with zero attached hydrogens (tertiary/aromatic N) is 4. The Morgan fingerprint density at radius 3 is 2.54 bits per heavy atom. The molecule has 148 valence electrons. The van der Waals surface area contributed by atoms with Crippen molar-refractivity contribution in [2.75, 3.05) is 50.4 Å². The molecule has 1 aromatic heterocycles. The van der Waals surface area contributed by atoms with Gasteiger partial charge in [-0.3, -0.25) is 4.79 Å². The maximum atomic E-state index is 12.6. The van der Waals surface area contributed by atoms with Gasteiger partial charge in [0.25, 0.3) is 5.91 Å². The first-order valence-corrected chi connectivity index (χ1v) is 8.95. The molecule has 11 nitrogen and oxygen atoms in total. The van der Waals surface area contributed by atoms with E-state index in [1.54, 1.807) is 28.0 Å². The molecule has 1 saturated heterocycles. The zero-order valence-corrected chi connectivity index (χ0v) is 15.1. The summed E-state index contributed by atoms with van der Waals surface area (Å²) in [4.78, 5) is 28.4. The van der Waals surface area contributed by atoms with Crippen LogP contribution in [0.2, 0.25) is 0 Å².